The van der Waals surface area contributed by atoms with Crippen LogP contribution >= 0.6 is 11.8 Å². The van der Waals surface area contributed by atoms with Gasteiger partial charge in [0.15, 0.2) is 0 Å². The number of tetrazole rings is 1. The first-order valence-corrected chi connectivity index (χ1v) is 7.61. The summed E-state index contributed by atoms with van der Waals surface area (Å²) in [4.78, 5) is 0. The second kappa shape index (κ2) is 9.21. The van der Waals surface area contributed by atoms with Crippen LogP contribution in [0, 0.1) is 5.92 Å². The fourth-order valence-electron chi connectivity index (χ4n) is 1.40. The molecule has 0 aromatic carbocycles. The summed E-state index contributed by atoms with van der Waals surface area (Å²) in [6.45, 7) is 5.28. The molecule has 0 aliphatic carbocycles. The van der Waals surface area contributed by atoms with Crippen molar-refractivity contribution in [3.63, 3.8) is 0 Å². The second-order valence-electron chi connectivity index (χ2n) is 4.80. The molecule has 0 spiro atoms. The largest absolute Gasteiger partial charge is 0.411 e. The van der Waals surface area contributed by atoms with E-state index in [0.29, 0.717) is 23.4 Å². The molecule has 0 saturated carbocycles. The van der Waals surface area contributed by atoms with Crippen LogP contribution in [0.15, 0.2) is 5.16 Å². The van der Waals surface area contributed by atoms with Crippen LogP contribution in [0.3, 0.4) is 0 Å². The monoisotopic (exact) mass is 327 g/mol. The van der Waals surface area contributed by atoms with Gasteiger partial charge >= 0.3 is 6.18 Å². The van der Waals surface area contributed by atoms with Gasteiger partial charge in [-0.3, -0.25) is 0 Å². The molecule has 1 aromatic heterocycles. The lowest BCUT2D eigenvalue weighted by Gasteiger charge is -2.08. The Hall–Kier alpha value is -0.870. The maximum atomic E-state index is 11.9. The number of nitrogens with one attached hydrogen (secondary N) is 1. The Morgan fingerprint density at radius 1 is 1.38 bits per heavy atom. The summed E-state index contributed by atoms with van der Waals surface area (Å²) < 4.78 is 41.8. The molecule has 0 amide bonds. The summed E-state index contributed by atoms with van der Waals surface area (Å²) in [7, 11) is 0. The Labute approximate surface area is 125 Å². The third kappa shape index (κ3) is 8.89. The van der Waals surface area contributed by atoms with Crippen LogP contribution < -0.4 is 5.32 Å². The van der Waals surface area contributed by atoms with Gasteiger partial charge in [-0.25, -0.2) is 4.68 Å². The van der Waals surface area contributed by atoms with E-state index in [0.717, 1.165) is 13.1 Å². The SMILES string of the molecule is CC(C)CNCCn1nnnc1SCCOCC(F)(F)F. The second-order valence-corrected chi connectivity index (χ2v) is 5.86. The van der Waals surface area contributed by atoms with Crippen LogP contribution in [0.1, 0.15) is 13.8 Å². The van der Waals surface area contributed by atoms with E-state index in [1.165, 1.54) is 11.8 Å². The zero-order valence-corrected chi connectivity index (χ0v) is 12.9. The molecule has 0 radical (unpaired) electrons. The molecule has 0 saturated heterocycles. The maximum Gasteiger partial charge on any atom is 0.411 e. The first kappa shape index (κ1) is 18.2. The summed E-state index contributed by atoms with van der Waals surface area (Å²) in [5, 5.41) is 15.1. The highest BCUT2D eigenvalue weighted by Gasteiger charge is 2.27. The minimum atomic E-state index is -4.28. The lowest BCUT2D eigenvalue weighted by atomic mass is 10.2. The van der Waals surface area contributed by atoms with Crippen LogP contribution in [-0.2, 0) is 11.3 Å². The normalized spacial score (nSPS) is 12.3. The number of hydrogen-bond donors (Lipinski definition) is 1. The van der Waals surface area contributed by atoms with Gasteiger partial charge in [0.1, 0.15) is 6.61 Å². The standard InChI is InChI=1S/C11H20F3N5OS/c1-9(2)7-15-3-4-19-10(16-17-18-19)21-6-5-20-8-11(12,13)14/h9,15H,3-8H2,1-2H3. The minimum absolute atomic E-state index is 0.00262. The molecule has 0 aliphatic heterocycles. The summed E-state index contributed by atoms with van der Waals surface area (Å²) in [5.41, 5.74) is 0. The van der Waals surface area contributed by atoms with Gasteiger partial charge < -0.3 is 10.1 Å². The molecule has 122 valence electrons. The molecule has 1 N–H and O–H groups in total. The number of rotatable bonds is 10. The molecule has 0 bridgehead atoms. The van der Waals surface area contributed by atoms with Crippen molar-refractivity contribution in [2.45, 2.75) is 31.7 Å². The fourth-order valence-corrected chi connectivity index (χ4v) is 2.15. The Morgan fingerprint density at radius 2 is 2.14 bits per heavy atom. The lowest BCUT2D eigenvalue weighted by Crippen LogP contribution is -2.24. The number of aromatic nitrogens is 4. The molecule has 6 nitrogen and oxygen atoms in total. The summed E-state index contributed by atoms with van der Waals surface area (Å²) in [6, 6.07) is 0. The number of halogens is 3. The highest BCUT2D eigenvalue weighted by atomic mass is 32.2. The van der Waals surface area contributed by atoms with Crippen molar-refractivity contribution in [3.8, 4) is 0 Å². The van der Waals surface area contributed by atoms with Crippen molar-refractivity contribution < 1.29 is 17.9 Å². The highest BCUT2D eigenvalue weighted by Crippen LogP contribution is 2.16. The summed E-state index contributed by atoms with van der Waals surface area (Å²) in [6.07, 6.45) is -4.28. The van der Waals surface area contributed by atoms with E-state index in [9.17, 15) is 13.2 Å². The Bertz CT molecular complexity index is 399. The van der Waals surface area contributed by atoms with Gasteiger partial charge in [-0.15, -0.1) is 5.10 Å². The quantitative estimate of drug-likeness (QED) is 0.520. The zero-order valence-electron chi connectivity index (χ0n) is 12.1. The zero-order chi connectivity index (χ0) is 15.7. The summed E-state index contributed by atoms with van der Waals surface area (Å²) in [5.74, 6) is 0.939. The highest BCUT2D eigenvalue weighted by molar-refractivity contribution is 7.99. The van der Waals surface area contributed by atoms with E-state index >= 15 is 0 Å². The molecular formula is C11H20F3N5OS. The van der Waals surface area contributed by atoms with Gasteiger partial charge in [0, 0.05) is 12.3 Å². The average Bonchev–Trinajstić information content (AvgIpc) is 2.80. The molecule has 0 aliphatic rings. The number of ether oxygens (including phenoxy) is 1. The molecule has 1 aromatic rings. The molecule has 21 heavy (non-hydrogen) atoms. The third-order valence-corrected chi connectivity index (χ3v) is 3.20. The molecule has 0 atom stereocenters. The van der Waals surface area contributed by atoms with E-state index < -0.39 is 12.8 Å². The number of thioether (sulfide) groups is 1. The van der Waals surface area contributed by atoms with Crippen LogP contribution in [0.5, 0.6) is 0 Å². The first-order valence-electron chi connectivity index (χ1n) is 6.62. The predicted molar refractivity (Wildman–Crippen MR) is 73.1 cm³/mol. The van der Waals surface area contributed by atoms with Crippen molar-refractivity contribution in [1.29, 1.82) is 0 Å². The van der Waals surface area contributed by atoms with Crippen LogP contribution in [0.2, 0.25) is 0 Å². The van der Waals surface area contributed by atoms with Gasteiger partial charge in [0.25, 0.3) is 0 Å². The van der Waals surface area contributed by atoms with Crippen LogP contribution in [0.4, 0.5) is 13.2 Å². The van der Waals surface area contributed by atoms with Crippen molar-refractivity contribution in [2.75, 3.05) is 32.1 Å². The Morgan fingerprint density at radius 3 is 2.81 bits per heavy atom. The average molecular weight is 327 g/mol. The van der Waals surface area contributed by atoms with E-state index in [4.69, 9.17) is 0 Å². The van der Waals surface area contributed by atoms with Gasteiger partial charge in [0.2, 0.25) is 5.16 Å². The smallest absolute Gasteiger partial charge is 0.371 e. The van der Waals surface area contributed by atoms with Gasteiger partial charge in [-0.2, -0.15) is 13.2 Å². The molecule has 10 heteroatoms. The van der Waals surface area contributed by atoms with Crippen LogP contribution in [-0.4, -0.2) is 58.4 Å². The van der Waals surface area contributed by atoms with E-state index in [2.05, 4.69) is 39.4 Å². The number of nitrogens with zero attached hydrogens (tertiary/aromatic N) is 4. The van der Waals surface area contributed by atoms with Crippen LogP contribution in [0.25, 0.3) is 0 Å². The molecule has 1 rings (SSSR count). The summed E-state index contributed by atoms with van der Waals surface area (Å²) >= 11 is 1.28. The van der Waals surface area contributed by atoms with Crippen molar-refractivity contribution >= 4 is 11.8 Å². The Kier molecular flexibility index (Phi) is 7.97. The third-order valence-electron chi connectivity index (χ3n) is 2.28. The predicted octanol–water partition coefficient (Wildman–Crippen LogP) is 1.59. The molecule has 0 unspecified atom stereocenters. The fraction of sp³-hybridized carbons (Fsp3) is 0.909. The van der Waals surface area contributed by atoms with Gasteiger partial charge in [0.05, 0.1) is 13.2 Å². The van der Waals surface area contributed by atoms with Crippen molar-refractivity contribution in [2.24, 2.45) is 5.92 Å². The maximum absolute atomic E-state index is 11.9. The van der Waals surface area contributed by atoms with E-state index in [1.807, 2.05) is 0 Å². The van der Waals surface area contributed by atoms with Gasteiger partial charge in [-0.05, 0) is 22.9 Å². The molecule has 0 fully saturated rings. The van der Waals surface area contributed by atoms with Crippen molar-refractivity contribution in [3.05, 3.63) is 0 Å². The number of hydrogen-bond acceptors (Lipinski definition) is 6. The number of alkyl halides is 3. The topological polar surface area (TPSA) is 64.9 Å². The van der Waals surface area contributed by atoms with E-state index in [-0.39, 0.29) is 6.61 Å². The lowest BCUT2D eigenvalue weighted by molar-refractivity contribution is -0.172. The Balaban J connectivity index is 2.19. The van der Waals surface area contributed by atoms with Gasteiger partial charge in [-0.1, -0.05) is 25.6 Å². The first-order chi connectivity index (χ1) is 9.88. The molecular weight excluding hydrogens is 307 g/mol. The van der Waals surface area contributed by atoms with Crippen molar-refractivity contribution in [1.82, 2.24) is 25.5 Å². The molecule has 1 heterocycles. The van der Waals surface area contributed by atoms with E-state index in [1.54, 1.807) is 4.68 Å². The minimum Gasteiger partial charge on any atom is -0.371 e.